The Balaban J connectivity index is 1.84. The SMILES string of the molecule is CC[C@@H](C)N(C(=O)COC(=O)CNC(=O)c1ccc(-c2ccccc2)cc1)[C@H](C)CC. The molecule has 0 unspecified atom stereocenters. The van der Waals surface area contributed by atoms with Crippen molar-refractivity contribution in [3.63, 3.8) is 0 Å². The molecule has 31 heavy (non-hydrogen) atoms. The summed E-state index contributed by atoms with van der Waals surface area (Å²) >= 11 is 0. The van der Waals surface area contributed by atoms with Gasteiger partial charge in [-0.1, -0.05) is 56.3 Å². The van der Waals surface area contributed by atoms with Crippen molar-refractivity contribution in [1.82, 2.24) is 10.2 Å². The van der Waals surface area contributed by atoms with Crippen molar-refractivity contribution >= 4 is 17.8 Å². The van der Waals surface area contributed by atoms with Gasteiger partial charge in [0.25, 0.3) is 11.8 Å². The van der Waals surface area contributed by atoms with Crippen molar-refractivity contribution in [1.29, 1.82) is 0 Å². The number of benzene rings is 2. The van der Waals surface area contributed by atoms with Gasteiger partial charge in [0.15, 0.2) is 6.61 Å². The molecule has 2 rings (SSSR count). The molecule has 2 aromatic rings. The van der Waals surface area contributed by atoms with E-state index < -0.39 is 5.97 Å². The van der Waals surface area contributed by atoms with E-state index in [1.807, 2.05) is 70.2 Å². The second kappa shape index (κ2) is 11.9. The number of ether oxygens (including phenoxy) is 1. The third-order valence-electron chi connectivity index (χ3n) is 5.42. The Morgan fingerprint density at radius 2 is 1.42 bits per heavy atom. The Labute approximate surface area is 184 Å². The molecule has 0 fully saturated rings. The first kappa shape index (κ1) is 24.1. The molecule has 0 saturated carbocycles. The molecule has 1 N–H and O–H groups in total. The second-order valence-electron chi connectivity index (χ2n) is 7.60. The monoisotopic (exact) mass is 424 g/mol. The first-order chi connectivity index (χ1) is 14.9. The molecule has 0 bridgehead atoms. The molecule has 0 saturated heterocycles. The van der Waals surface area contributed by atoms with Gasteiger partial charge in [-0.3, -0.25) is 14.4 Å². The molecule has 0 aliphatic carbocycles. The van der Waals surface area contributed by atoms with Gasteiger partial charge in [0.1, 0.15) is 6.54 Å². The number of carbonyl (C=O) groups is 3. The maximum atomic E-state index is 12.5. The summed E-state index contributed by atoms with van der Waals surface area (Å²) < 4.78 is 5.09. The number of esters is 1. The van der Waals surface area contributed by atoms with Crippen LogP contribution in [0.2, 0.25) is 0 Å². The Morgan fingerprint density at radius 1 is 0.871 bits per heavy atom. The average Bonchev–Trinajstić information content (AvgIpc) is 2.81. The molecular formula is C25H32N2O4. The van der Waals surface area contributed by atoms with Gasteiger partial charge in [-0.2, -0.15) is 0 Å². The van der Waals surface area contributed by atoms with Crippen LogP contribution in [0.1, 0.15) is 50.9 Å². The fourth-order valence-electron chi connectivity index (χ4n) is 3.29. The van der Waals surface area contributed by atoms with Crippen molar-refractivity contribution in [3.8, 4) is 11.1 Å². The lowest BCUT2D eigenvalue weighted by atomic mass is 10.0. The van der Waals surface area contributed by atoms with Crippen LogP contribution in [-0.2, 0) is 14.3 Å². The Kier molecular flexibility index (Phi) is 9.25. The summed E-state index contributed by atoms with van der Waals surface area (Å²) in [4.78, 5) is 38.6. The van der Waals surface area contributed by atoms with Gasteiger partial charge in [-0.25, -0.2) is 0 Å². The van der Waals surface area contributed by atoms with Crippen molar-refractivity contribution in [2.45, 2.75) is 52.6 Å². The quantitative estimate of drug-likeness (QED) is 0.584. The number of amides is 2. The van der Waals surface area contributed by atoms with Crippen LogP contribution >= 0.6 is 0 Å². The van der Waals surface area contributed by atoms with E-state index in [1.54, 1.807) is 17.0 Å². The molecule has 0 radical (unpaired) electrons. The number of nitrogens with zero attached hydrogens (tertiary/aromatic N) is 1. The molecule has 0 spiro atoms. The smallest absolute Gasteiger partial charge is 0.325 e. The summed E-state index contributed by atoms with van der Waals surface area (Å²) in [6, 6.07) is 17.1. The fourth-order valence-corrected chi connectivity index (χ4v) is 3.29. The van der Waals surface area contributed by atoms with E-state index in [0.717, 1.165) is 24.0 Å². The molecule has 2 aromatic carbocycles. The van der Waals surface area contributed by atoms with Gasteiger partial charge < -0.3 is 15.0 Å². The minimum absolute atomic E-state index is 0.0692. The zero-order chi connectivity index (χ0) is 22.8. The van der Waals surface area contributed by atoms with Crippen molar-refractivity contribution in [3.05, 3.63) is 60.2 Å². The molecule has 0 aromatic heterocycles. The highest BCUT2D eigenvalue weighted by molar-refractivity contribution is 5.96. The molecular weight excluding hydrogens is 392 g/mol. The molecule has 0 heterocycles. The van der Waals surface area contributed by atoms with E-state index in [0.29, 0.717) is 5.56 Å². The third-order valence-corrected chi connectivity index (χ3v) is 5.42. The Hall–Kier alpha value is -3.15. The molecule has 2 amide bonds. The molecule has 166 valence electrons. The average molecular weight is 425 g/mol. The first-order valence-electron chi connectivity index (χ1n) is 10.8. The highest BCUT2D eigenvalue weighted by atomic mass is 16.5. The minimum atomic E-state index is -0.643. The van der Waals surface area contributed by atoms with Crippen molar-refractivity contribution < 1.29 is 19.1 Å². The summed E-state index contributed by atoms with van der Waals surface area (Å²) in [6.07, 6.45) is 1.65. The maximum absolute atomic E-state index is 12.5. The number of hydrogen-bond donors (Lipinski definition) is 1. The number of hydrogen-bond acceptors (Lipinski definition) is 4. The third kappa shape index (κ3) is 6.95. The standard InChI is InChI=1S/C25H32N2O4/c1-5-18(3)27(19(4)6-2)23(28)17-31-24(29)16-26-25(30)22-14-12-21(13-15-22)20-10-8-7-9-11-20/h7-15,18-19H,5-6,16-17H2,1-4H3,(H,26,30)/t18-,19-/m1/s1. The summed E-state index contributed by atoms with van der Waals surface area (Å²) in [7, 11) is 0. The molecule has 0 aliphatic heterocycles. The van der Waals surface area contributed by atoms with Crippen LogP contribution in [0.15, 0.2) is 54.6 Å². The van der Waals surface area contributed by atoms with Crippen LogP contribution in [0, 0.1) is 0 Å². The van der Waals surface area contributed by atoms with Crippen molar-refractivity contribution in [2.75, 3.05) is 13.2 Å². The first-order valence-corrected chi connectivity index (χ1v) is 10.8. The van der Waals surface area contributed by atoms with E-state index >= 15 is 0 Å². The van der Waals surface area contributed by atoms with Gasteiger partial charge in [0.2, 0.25) is 0 Å². The van der Waals surface area contributed by atoms with Gasteiger partial charge >= 0.3 is 5.97 Å². The van der Waals surface area contributed by atoms with Crippen LogP contribution in [0.25, 0.3) is 11.1 Å². The van der Waals surface area contributed by atoms with Gasteiger partial charge in [0, 0.05) is 17.6 Å². The molecule has 6 nitrogen and oxygen atoms in total. The lowest BCUT2D eigenvalue weighted by molar-refractivity contribution is -0.153. The molecule has 2 atom stereocenters. The highest BCUT2D eigenvalue weighted by Crippen LogP contribution is 2.19. The van der Waals surface area contributed by atoms with Gasteiger partial charge in [-0.05, 0) is 49.9 Å². The summed E-state index contributed by atoms with van der Waals surface area (Å²) in [5.41, 5.74) is 2.51. The fraction of sp³-hybridized carbons (Fsp3) is 0.400. The van der Waals surface area contributed by atoms with Crippen LogP contribution in [-0.4, -0.2) is 47.9 Å². The number of nitrogens with one attached hydrogen (secondary N) is 1. The topological polar surface area (TPSA) is 75.7 Å². The predicted molar refractivity (Wildman–Crippen MR) is 122 cm³/mol. The largest absolute Gasteiger partial charge is 0.454 e. The summed E-state index contributed by atoms with van der Waals surface area (Å²) in [5.74, 6) is -1.24. The van der Waals surface area contributed by atoms with E-state index in [1.165, 1.54) is 0 Å². The lowest BCUT2D eigenvalue weighted by Crippen LogP contribution is -2.46. The minimum Gasteiger partial charge on any atom is -0.454 e. The van der Waals surface area contributed by atoms with Gasteiger partial charge in [-0.15, -0.1) is 0 Å². The normalized spacial score (nSPS) is 12.5. The van der Waals surface area contributed by atoms with Crippen LogP contribution in [0.5, 0.6) is 0 Å². The van der Waals surface area contributed by atoms with E-state index in [2.05, 4.69) is 5.32 Å². The number of carbonyl (C=O) groups excluding carboxylic acids is 3. The van der Waals surface area contributed by atoms with E-state index in [9.17, 15) is 14.4 Å². The van der Waals surface area contributed by atoms with E-state index in [4.69, 9.17) is 4.74 Å². The predicted octanol–water partition coefficient (Wildman–Crippen LogP) is 4.05. The van der Waals surface area contributed by atoms with Crippen molar-refractivity contribution in [2.24, 2.45) is 0 Å². The lowest BCUT2D eigenvalue weighted by Gasteiger charge is -2.33. The van der Waals surface area contributed by atoms with Gasteiger partial charge in [0.05, 0.1) is 0 Å². The van der Waals surface area contributed by atoms with Crippen LogP contribution < -0.4 is 5.32 Å². The van der Waals surface area contributed by atoms with Crippen LogP contribution in [0.3, 0.4) is 0 Å². The maximum Gasteiger partial charge on any atom is 0.325 e. The second-order valence-corrected chi connectivity index (χ2v) is 7.60. The molecule has 0 aliphatic rings. The summed E-state index contributed by atoms with van der Waals surface area (Å²) in [5, 5.41) is 2.54. The van der Waals surface area contributed by atoms with Crippen LogP contribution in [0.4, 0.5) is 0 Å². The van der Waals surface area contributed by atoms with E-state index in [-0.39, 0.29) is 37.0 Å². The summed E-state index contributed by atoms with van der Waals surface area (Å²) in [6.45, 7) is 7.38. The molecule has 6 heteroatoms. The Bertz CT molecular complexity index is 855. The zero-order valence-electron chi connectivity index (χ0n) is 18.8. The zero-order valence-corrected chi connectivity index (χ0v) is 18.8. The highest BCUT2D eigenvalue weighted by Gasteiger charge is 2.24. The number of rotatable bonds is 10. The Morgan fingerprint density at radius 3 is 1.97 bits per heavy atom.